The molecule has 0 radical (unpaired) electrons. The number of nitrogens with zero attached hydrogens (tertiary/aromatic N) is 3. The molecule has 0 unspecified atom stereocenters. The molecule has 1 amide bonds. The topological polar surface area (TPSA) is 57.3 Å². The molecule has 36 heavy (non-hydrogen) atoms. The molecule has 2 aromatic rings. The van der Waals surface area contributed by atoms with E-state index in [1.165, 1.54) is 17.7 Å². The molecule has 1 N–H and O–H groups in total. The Hall–Kier alpha value is -2.78. The molecule has 4 aliphatic rings. The van der Waals surface area contributed by atoms with E-state index in [1.807, 2.05) is 6.07 Å². The predicted octanol–water partition coefficient (Wildman–Crippen LogP) is 2.67. The first-order valence-electron chi connectivity index (χ1n) is 13.0. The number of amides is 1. The van der Waals surface area contributed by atoms with Gasteiger partial charge in [-0.25, -0.2) is 4.39 Å². The summed E-state index contributed by atoms with van der Waals surface area (Å²) in [6.45, 7) is 12.1. The van der Waals surface area contributed by atoms with E-state index in [1.54, 1.807) is 6.07 Å². The number of fused-ring (bicyclic) bond motifs is 2. The zero-order valence-electron chi connectivity index (χ0n) is 20.6. The van der Waals surface area contributed by atoms with Gasteiger partial charge in [-0.3, -0.25) is 14.6 Å². The van der Waals surface area contributed by atoms with E-state index in [0.717, 1.165) is 89.7 Å². The minimum atomic E-state index is -0.366. The van der Waals surface area contributed by atoms with E-state index in [9.17, 15) is 9.18 Å². The number of hydrogen-bond donors (Lipinski definition) is 1. The van der Waals surface area contributed by atoms with Crippen LogP contribution in [-0.4, -0.2) is 92.7 Å². The average molecular weight is 493 g/mol. The van der Waals surface area contributed by atoms with Crippen LogP contribution in [0.5, 0.6) is 0 Å². The first-order chi connectivity index (χ1) is 17.6. The number of anilines is 1. The van der Waals surface area contributed by atoms with Gasteiger partial charge in [0.2, 0.25) is 0 Å². The highest BCUT2D eigenvalue weighted by molar-refractivity contribution is 6.36. The molecule has 0 spiro atoms. The molecule has 190 valence electrons. The Morgan fingerprint density at radius 2 is 1.56 bits per heavy atom. The fraction of sp³-hybridized carbons (Fsp3) is 0.464. The first-order valence-corrected chi connectivity index (χ1v) is 13.0. The molecular formula is C28H33FN4O3. The Bertz CT molecular complexity index is 1170. The molecule has 2 fully saturated rings. The van der Waals surface area contributed by atoms with Crippen LogP contribution >= 0.6 is 0 Å². The van der Waals surface area contributed by atoms with Crippen molar-refractivity contribution in [1.29, 1.82) is 0 Å². The third-order valence-corrected chi connectivity index (χ3v) is 7.76. The Morgan fingerprint density at radius 1 is 0.833 bits per heavy atom. The summed E-state index contributed by atoms with van der Waals surface area (Å²) >= 11 is 0. The van der Waals surface area contributed by atoms with Crippen LogP contribution in [0.3, 0.4) is 0 Å². The summed E-state index contributed by atoms with van der Waals surface area (Å²) < 4.78 is 25.3. The fourth-order valence-corrected chi connectivity index (χ4v) is 5.57. The number of benzene rings is 2. The van der Waals surface area contributed by atoms with Gasteiger partial charge >= 0.3 is 0 Å². The maximum absolute atomic E-state index is 13.9. The molecule has 2 aromatic carbocycles. The third kappa shape index (κ3) is 4.91. The SMILES string of the molecule is O=C1Nc2ccc(F)cc2/C1=C1\OCc2cc(CCN3CCN(CCN4CCOCC4)CC3)ccc21. The average Bonchev–Trinajstić information content (AvgIpc) is 3.46. The normalized spacial score (nSPS) is 22.9. The second kappa shape index (κ2) is 10.3. The molecule has 4 aliphatic heterocycles. The van der Waals surface area contributed by atoms with Crippen molar-refractivity contribution in [1.82, 2.24) is 14.7 Å². The van der Waals surface area contributed by atoms with Crippen molar-refractivity contribution in [3.63, 3.8) is 0 Å². The number of piperazine rings is 1. The van der Waals surface area contributed by atoms with E-state index >= 15 is 0 Å². The van der Waals surface area contributed by atoms with Crippen LogP contribution in [0.2, 0.25) is 0 Å². The van der Waals surface area contributed by atoms with Gasteiger partial charge in [-0.1, -0.05) is 18.2 Å². The maximum Gasteiger partial charge on any atom is 0.260 e. The van der Waals surface area contributed by atoms with Gasteiger partial charge in [-0.15, -0.1) is 0 Å². The lowest BCUT2D eigenvalue weighted by molar-refractivity contribution is -0.110. The van der Waals surface area contributed by atoms with Gasteiger partial charge in [-0.05, 0) is 30.2 Å². The highest BCUT2D eigenvalue weighted by atomic mass is 19.1. The van der Waals surface area contributed by atoms with Crippen LogP contribution < -0.4 is 5.32 Å². The number of carbonyl (C=O) groups excluding carboxylic acids is 1. The molecule has 7 nitrogen and oxygen atoms in total. The van der Waals surface area contributed by atoms with Crippen molar-refractivity contribution in [2.75, 3.05) is 77.4 Å². The molecule has 8 heteroatoms. The molecular weight excluding hydrogens is 459 g/mol. The van der Waals surface area contributed by atoms with E-state index in [-0.39, 0.29) is 11.7 Å². The van der Waals surface area contributed by atoms with Gasteiger partial charge in [0.15, 0.2) is 0 Å². The summed E-state index contributed by atoms with van der Waals surface area (Å²) in [6, 6.07) is 10.7. The summed E-state index contributed by atoms with van der Waals surface area (Å²) in [5, 5.41) is 2.82. The summed E-state index contributed by atoms with van der Waals surface area (Å²) in [4.78, 5) is 20.3. The van der Waals surface area contributed by atoms with Gasteiger partial charge < -0.3 is 19.7 Å². The van der Waals surface area contributed by atoms with E-state index in [4.69, 9.17) is 9.47 Å². The maximum atomic E-state index is 13.9. The Kier molecular flexibility index (Phi) is 6.75. The second-order valence-corrected chi connectivity index (χ2v) is 10.0. The highest BCUT2D eigenvalue weighted by Gasteiger charge is 2.33. The van der Waals surface area contributed by atoms with Crippen molar-refractivity contribution >= 4 is 22.9 Å². The minimum absolute atomic E-state index is 0.244. The smallest absolute Gasteiger partial charge is 0.260 e. The summed E-state index contributed by atoms with van der Waals surface area (Å²) in [6.07, 6.45) is 0.988. The molecule has 0 atom stereocenters. The zero-order valence-corrected chi connectivity index (χ0v) is 20.6. The Balaban J connectivity index is 1.04. The fourth-order valence-electron chi connectivity index (χ4n) is 5.57. The largest absolute Gasteiger partial charge is 0.487 e. The van der Waals surface area contributed by atoms with Crippen molar-refractivity contribution < 1.29 is 18.7 Å². The van der Waals surface area contributed by atoms with Gasteiger partial charge in [0.1, 0.15) is 18.2 Å². The molecule has 0 bridgehead atoms. The lowest BCUT2D eigenvalue weighted by Gasteiger charge is -2.36. The molecule has 0 saturated carbocycles. The number of carbonyl (C=O) groups is 1. The number of rotatable bonds is 6. The number of nitrogens with one attached hydrogen (secondary N) is 1. The molecule has 6 rings (SSSR count). The number of morpholine rings is 1. The van der Waals surface area contributed by atoms with Gasteiger partial charge in [-0.2, -0.15) is 0 Å². The number of hydrogen-bond acceptors (Lipinski definition) is 6. The van der Waals surface area contributed by atoms with Gasteiger partial charge in [0.05, 0.1) is 18.8 Å². The third-order valence-electron chi connectivity index (χ3n) is 7.76. The summed E-state index contributed by atoms with van der Waals surface area (Å²) in [7, 11) is 0. The van der Waals surface area contributed by atoms with Crippen LogP contribution in [0, 0.1) is 5.82 Å². The van der Waals surface area contributed by atoms with Crippen LogP contribution in [0.25, 0.3) is 11.3 Å². The Morgan fingerprint density at radius 3 is 2.33 bits per heavy atom. The lowest BCUT2D eigenvalue weighted by Crippen LogP contribution is -2.49. The monoisotopic (exact) mass is 492 g/mol. The highest BCUT2D eigenvalue weighted by Crippen LogP contribution is 2.42. The number of halogens is 1. The second-order valence-electron chi connectivity index (χ2n) is 10.0. The van der Waals surface area contributed by atoms with Crippen molar-refractivity contribution in [2.24, 2.45) is 0 Å². The van der Waals surface area contributed by atoms with Crippen LogP contribution in [-0.2, 0) is 27.3 Å². The predicted molar refractivity (Wildman–Crippen MR) is 137 cm³/mol. The summed E-state index contributed by atoms with van der Waals surface area (Å²) in [5.41, 5.74) is 4.90. The van der Waals surface area contributed by atoms with Crippen LogP contribution in [0.1, 0.15) is 22.3 Å². The van der Waals surface area contributed by atoms with Crippen LogP contribution in [0.4, 0.5) is 10.1 Å². The van der Waals surface area contributed by atoms with Gasteiger partial charge in [0.25, 0.3) is 5.91 Å². The van der Waals surface area contributed by atoms with Gasteiger partial charge in [0, 0.05) is 81.3 Å². The molecule has 4 heterocycles. The first kappa shape index (κ1) is 23.6. The van der Waals surface area contributed by atoms with E-state index in [0.29, 0.717) is 29.2 Å². The lowest BCUT2D eigenvalue weighted by atomic mass is 9.98. The minimum Gasteiger partial charge on any atom is -0.487 e. The van der Waals surface area contributed by atoms with Crippen molar-refractivity contribution in [2.45, 2.75) is 13.0 Å². The summed E-state index contributed by atoms with van der Waals surface area (Å²) in [5.74, 6) is -0.0620. The van der Waals surface area contributed by atoms with E-state index in [2.05, 4.69) is 32.1 Å². The standard InChI is InChI=1S/C28H33FN4O3/c29-22-2-4-25-24(18-22)26(28(34)30-25)27-23-3-1-20(17-21(23)19-36-27)5-6-31-7-9-32(10-8-31)11-12-33-13-15-35-16-14-33/h1-4,17-18H,5-16,19H2,(H,30,34)/b27-26+. The number of ether oxygens (including phenoxy) is 2. The van der Waals surface area contributed by atoms with Crippen LogP contribution in [0.15, 0.2) is 36.4 Å². The molecule has 0 aliphatic carbocycles. The van der Waals surface area contributed by atoms with Crippen molar-refractivity contribution in [3.05, 3.63) is 64.5 Å². The Labute approximate surface area is 211 Å². The molecule has 2 saturated heterocycles. The quantitative estimate of drug-likeness (QED) is 0.626. The zero-order chi connectivity index (χ0) is 24.5. The van der Waals surface area contributed by atoms with E-state index < -0.39 is 0 Å². The molecule has 0 aromatic heterocycles. The van der Waals surface area contributed by atoms with Crippen molar-refractivity contribution in [3.8, 4) is 0 Å².